The molecule has 0 saturated heterocycles. The molecule has 1 aliphatic rings. The second-order valence-corrected chi connectivity index (χ2v) is 7.71. The van der Waals surface area contributed by atoms with E-state index in [9.17, 15) is 9.59 Å². The van der Waals surface area contributed by atoms with Crippen molar-refractivity contribution < 1.29 is 14.3 Å². The van der Waals surface area contributed by atoms with E-state index in [1.165, 1.54) is 0 Å². The van der Waals surface area contributed by atoms with Gasteiger partial charge in [-0.25, -0.2) is 4.98 Å². The molecule has 0 bridgehead atoms. The first-order valence-electron chi connectivity index (χ1n) is 10.5. The summed E-state index contributed by atoms with van der Waals surface area (Å²) in [6, 6.07) is 15.5. The number of amides is 2. The fourth-order valence-corrected chi connectivity index (χ4v) is 3.17. The Hall–Kier alpha value is -3.61. The van der Waals surface area contributed by atoms with Crippen molar-refractivity contribution in [3.63, 3.8) is 0 Å². The van der Waals surface area contributed by atoms with Gasteiger partial charge in [0.2, 0.25) is 0 Å². The Morgan fingerprint density at radius 2 is 1.77 bits per heavy atom. The Bertz CT molecular complexity index is 994. The van der Waals surface area contributed by atoms with Gasteiger partial charge in [-0.1, -0.05) is 24.3 Å². The molecular weight excluding hydrogens is 392 g/mol. The quantitative estimate of drug-likeness (QED) is 0.530. The van der Waals surface area contributed by atoms with Gasteiger partial charge >= 0.3 is 0 Å². The number of imidazole rings is 1. The molecule has 31 heavy (non-hydrogen) atoms. The highest BCUT2D eigenvalue weighted by atomic mass is 16.5. The van der Waals surface area contributed by atoms with Crippen LogP contribution in [0, 0.1) is 0 Å². The van der Waals surface area contributed by atoms with Crippen LogP contribution in [0.2, 0.25) is 0 Å². The lowest BCUT2D eigenvalue weighted by Crippen LogP contribution is -2.30. The van der Waals surface area contributed by atoms with Crippen LogP contribution in [0.3, 0.4) is 0 Å². The van der Waals surface area contributed by atoms with Gasteiger partial charge in [-0.15, -0.1) is 0 Å². The van der Waals surface area contributed by atoms with Gasteiger partial charge in [0.1, 0.15) is 5.75 Å². The third-order valence-electron chi connectivity index (χ3n) is 5.08. The number of hydrogen-bond acceptors (Lipinski definition) is 4. The van der Waals surface area contributed by atoms with Crippen molar-refractivity contribution in [3.05, 3.63) is 83.9 Å². The summed E-state index contributed by atoms with van der Waals surface area (Å²) in [5.41, 5.74) is 2.84. The van der Waals surface area contributed by atoms with Gasteiger partial charge in [-0.05, 0) is 54.7 Å². The zero-order chi connectivity index (χ0) is 21.5. The number of carbonyl (C=O) groups is 2. The molecule has 0 radical (unpaired) electrons. The first-order valence-corrected chi connectivity index (χ1v) is 10.5. The largest absolute Gasteiger partial charge is 0.484 e. The van der Waals surface area contributed by atoms with E-state index in [1.807, 2.05) is 59.3 Å². The Morgan fingerprint density at radius 3 is 2.45 bits per heavy atom. The smallest absolute Gasteiger partial charge is 0.258 e. The number of aromatic nitrogens is 2. The van der Waals surface area contributed by atoms with Gasteiger partial charge in [-0.2, -0.15) is 0 Å². The highest BCUT2D eigenvalue weighted by Gasteiger charge is 2.23. The van der Waals surface area contributed by atoms with Crippen molar-refractivity contribution in [1.29, 1.82) is 0 Å². The minimum absolute atomic E-state index is 0.0347. The lowest BCUT2D eigenvalue weighted by atomic mass is 10.1. The van der Waals surface area contributed by atoms with Crippen LogP contribution in [0.15, 0.2) is 67.3 Å². The zero-order valence-electron chi connectivity index (χ0n) is 17.3. The van der Waals surface area contributed by atoms with Crippen LogP contribution < -0.4 is 15.4 Å². The normalized spacial score (nSPS) is 12.9. The van der Waals surface area contributed by atoms with Crippen molar-refractivity contribution in [2.24, 2.45) is 0 Å². The fraction of sp³-hybridized carbons (Fsp3) is 0.292. The molecule has 3 aromatic rings. The molecule has 2 amide bonds. The van der Waals surface area contributed by atoms with Crippen LogP contribution in [0.4, 0.5) is 0 Å². The number of benzene rings is 2. The molecule has 0 unspecified atom stereocenters. The van der Waals surface area contributed by atoms with E-state index < -0.39 is 0 Å². The Kier molecular flexibility index (Phi) is 6.62. The maximum atomic E-state index is 12.4. The van der Waals surface area contributed by atoms with Crippen LogP contribution in [0.25, 0.3) is 0 Å². The summed E-state index contributed by atoms with van der Waals surface area (Å²) in [5.74, 6) is 0.495. The molecule has 0 atom stereocenters. The van der Waals surface area contributed by atoms with E-state index in [-0.39, 0.29) is 18.4 Å². The summed E-state index contributed by atoms with van der Waals surface area (Å²) in [7, 11) is 0. The monoisotopic (exact) mass is 418 g/mol. The van der Waals surface area contributed by atoms with E-state index in [0.29, 0.717) is 30.3 Å². The van der Waals surface area contributed by atoms with Crippen molar-refractivity contribution >= 4 is 11.8 Å². The predicted octanol–water partition coefficient (Wildman–Crippen LogP) is 2.56. The van der Waals surface area contributed by atoms with Gasteiger partial charge in [0.15, 0.2) is 6.61 Å². The molecule has 1 aliphatic carbocycles. The zero-order valence-corrected chi connectivity index (χ0v) is 17.3. The van der Waals surface area contributed by atoms with Crippen LogP contribution >= 0.6 is 0 Å². The second kappa shape index (κ2) is 9.93. The number of nitrogens with one attached hydrogen (secondary N) is 2. The van der Waals surface area contributed by atoms with Crippen molar-refractivity contribution in [2.75, 3.05) is 13.2 Å². The van der Waals surface area contributed by atoms with Gasteiger partial charge in [0.05, 0.1) is 6.33 Å². The molecule has 0 aliphatic heterocycles. The molecule has 0 spiro atoms. The van der Waals surface area contributed by atoms with Crippen LogP contribution in [-0.4, -0.2) is 40.6 Å². The van der Waals surface area contributed by atoms with Gasteiger partial charge in [0.25, 0.3) is 11.8 Å². The summed E-state index contributed by atoms with van der Waals surface area (Å²) in [4.78, 5) is 28.1. The first kappa shape index (κ1) is 20.7. The SMILES string of the molecule is O=C(COc1ccc(CCNC(=O)c2ccc(Cn3ccnc3)cc2)cc1)NC1CC1. The van der Waals surface area contributed by atoms with Crippen molar-refractivity contribution in [2.45, 2.75) is 31.8 Å². The van der Waals surface area contributed by atoms with Crippen molar-refractivity contribution in [1.82, 2.24) is 20.2 Å². The van der Waals surface area contributed by atoms with Gasteiger partial charge in [-0.3, -0.25) is 9.59 Å². The average molecular weight is 418 g/mol. The van der Waals surface area contributed by atoms with Crippen LogP contribution in [0.1, 0.15) is 34.3 Å². The maximum Gasteiger partial charge on any atom is 0.258 e. The molecule has 160 valence electrons. The fourth-order valence-electron chi connectivity index (χ4n) is 3.17. The molecule has 1 aromatic heterocycles. The molecule has 1 fully saturated rings. The van der Waals surface area contributed by atoms with Crippen molar-refractivity contribution in [3.8, 4) is 5.75 Å². The molecule has 2 N–H and O–H groups in total. The first-order chi connectivity index (χ1) is 15.2. The summed E-state index contributed by atoms with van der Waals surface area (Å²) in [6.07, 6.45) is 8.27. The van der Waals surface area contributed by atoms with Gasteiger partial charge < -0.3 is 19.9 Å². The van der Waals surface area contributed by atoms with E-state index in [2.05, 4.69) is 15.6 Å². The van der Waals surface area contributed by atoms with Gasteiger partial charge in [0, 0.05) is 37.1 Å². The van der Waals surface area contributed by atoms with E-state index in [4.69, 9.17) is 4.74 Å². The predicted molar refractivity (Wildman–Crippen MR) is 117 cm³/mol. The Labute approximate surface area is 181 Å². The number of hydrogen-bond donors (Lipinski definition) is 2. The summed E-state index contributed by atoms with van der Waals surface area (Å²) in [5, 5.41) is 5.85. The lowest BCUT2D eigenvalue weighted by molar-refractivity contribution is -0.123. The topological polar surface area (TPSA) is 85.2 Å². The molecular formula is C24H26N4O3. The molecule has 7 heteroatoms. The Morgan fingerprint density at radius 1 is 1.03 bits per heavy atom. The number of carbonyl (C=O) groups excluding carboxylic acids is 2. The molecule has 4 rings (SSSR count). The van der Waals surface area contributed by atoms with E-state index >= 15 is 0 Å². The summed E-state index contributed by atoms with van der Waals surface area (Å²) < 4.78 is 7.49. The third-order valence-corrected chi connectivity index (χ3v) is 5.08. The number of ether oxygens (including phenoxy) is 1. The molecule has 1 heterocycles. The van der Waals surface area contributed by atoms with Crippen LogP contribution in [-0.2, 0) is 17.8 Å². The maximum absolute atomic E-state index is 12.4. The highest BCUT2D eigenvalue weighted by molar-refractivity contribution is 5.94. The summed E-state index contributed by atoms with van der Waals surface area (Å²) >= 11 is 0. The molecule has 7 nitrogen and oxygen atoms in total. The number of rotatable bonds is 10. The Balaban J connectivity index is 1.18. The lowest BCUT2D eigenvalue weighted by Gasteiger charge is -2.09. The second-order valence-electron chi connectivity index (χ2n) is 7.71. The standard InChI is InChI=1S/C24H26N4O3/c29-23(27-21-7-8-21)16-31-22-9-3-18(4-10-22)11-12-26-24(30)20-5-1-19(2-6-20)15-28-14-13-25-17-28/h1-6,9-10,13-14,17,21H,7-8,11-12,15-16H2,(H,26,30)(H,27,29). The highest BCUT2D eigenvalue weighted by Crippen LogP contribution is 2.18. The van der Waals surface area contributed by atoms with Crippen LogP contribution in [0.5, 0.6) is 5.75 Å². The summed E-state index contributed by atoms with van der Waals surface area (Å²) in [6.45, 7) is 1.30. The number of nitrogens with zero attached hydrogens (tertiary/aromatic N) is 2. The average Bonchev–Trinajstić information content (AvgIpc) is 3.45. The van der Waals surface area contributed by atoms with E-state index in [1.54, 1.807) is 12.5 Å². The third kappa shape index (κ3) is 6.44. The van der Waals surface area contributed by atoms with E-state index in [0.717, 1.165) is 30.5 Å². The minimum Gasteiger partial charge on any atom is -0.484 e. The molecule has 2 aromatic carbocycles. The minimum atomic E-state index is -0.0872. The molecule has 1 saturated carbocycles.